The molecule has 10 aromatic rings. The SMILES string of the molecule is c1ccc2c(c1)oc1c(-c3c4ccccc4c(-c4ccc5c(c4)sc4ccccc45)c4ccccc34)cc3occc3c12. The standard InChI is InChI=1S/C40H22O2S/c1-3-12-28-26(10-1)37(23-17-18-25-24-9-6-8-16-35(24)43-36(25)21-23)27-11-2-4-13-29(27)38(28)32-22-34-31(19-20-41-34)39-30-14-5-7-15-33(30)42-40(32)39/h1-22H. The third-order valence-electron chi connectivity index (χ3n) is 8.95. The summed E-state index contributed by atoms with van der Waals surface area (Å²) in [5, 5.41) is 10.7. The van der Waals surface area contributed by atoms with Crippen LogP contribution in [0.2, 0.25) is 0 Å². The van der Waals surface area contributed by atoms with E-state index in [1.165, 1.54) is 58.4 Å². The maximum absolute atomic E-state index is 6.66. The highest BCUT2D eigenvalue weighted by molar-refractivity contribution is 7.25. The van der Waals surface area contributed by atoms with Crippen LogP contribution in [0.4, 0.5) is 0 Å². The minimum absolute atomic E-state index is 0.863. The largest absolute Gasteiger partial charge is 0.464 e. The Hall–Kier alpha value is -5.38. The summed E-state index contributed by atoms with van der Waals surface area (Å²) in [7, 11) is 0. The molecule has 7 aromatic carbocycles. The number of hydrogen-bond acceptors (Lipinski definition) is 3. The van der Waals surface area contributed by atoms with Crippen LogP contribution in [0, 0.1) is 0 Å². The Morgan fingerprint density at radius 2 is 1.05 bits per heavy atom. The summed E-state index contributed by atoms with van der Waals surface area (Å²) >= 11 is 1.86. The number of fused-ring (bicyclic) bond motifs is 10. The van der Waals surface area contributed by atoms with Gasteiger partial charge in [0.1, 0.15) is 16.7 Å². The van der Waals surface area contributed by atoms with Gasteiger partial charge in [-0.05, 0) is 63.0 Å². The second kappa shape index (κ2) is 8.57. The van der Waals surface area contributed by atoms with Crippen LogP contribution >= 0.6 is 11.3 Å². The Morgan fingerprint density at radius 1 is 0.442 bits per heavy atom. The average Bonchev–Trinajstić information content (AvgIpc) is 3.78. The van der Waals surface area contributed by atoms with Gasteiger partial charge in [-0.25, -0.2) is 0 Å². The fourth-order valence-corrected chi connectivity index (χ4v) is 8.28. The van der Waals surface area contributed by atoms with Crippen molar-refractivity contribution < 1.29 is 8.83 Å². The summed E-state index contributed by atoms with van der Waals surface area (Å²) in [4.78, 5) is 0. The van der Waals surface area contributed by atoms with Crippen LogP contribution in [0.25, 0.3) is 96.9 Å². The molecule has 3 heteroatoms. The van der Waals surface area contributed by atoms with Gasteiger partial charge in [0.15, 0.2) is 0 Å². The third-order valence-corrected chi connectivity index (χ3v) is 10.1. The predicted molar refractivity (Wildman–Crippen MR) is 182 cm³/mol. The van der Waals surface area contributed by atoms with Gasteiger partial charge in [0, 0.05) is 47.5 Å². The van der Waals surface area contributed by atoms with Crippen LogP contribution < -0.4 is 0 Å². The van der Waals surface area contributed by atoms with E-state index in [4.69, 9.17) is 8.83 Å². The maximum Gasteiger partial charge on any atom is 0.144 e. The van der Waals surface area contributed by atoms with Crippen molar-refractivity contribution in [1.29, 1.82) is 0 Å². The summed E-state index contributed by atoms with van der Waals surface area (Å²) in [5.41, 5.74) is 7.34. The number of rotatable bonds is 2. The lowest BCUT2D eigenvalue weighted by Gasteiger charge is -2.18. The van der Waals surface area contributed by atoms with E-state index >= 15 is 0 Å². The van der Waals surface area contributed by atoms with E-state index in [-0.39, 0.29) is 0 Å². The molecule has 0 spiro atoms. The number of para-hydroxylation sites is 1. The molecule has 10 rings (SSSR count). The second-order valence-electron chi connectivity index (χ2n) is 11.2. The van der Waals surface area contributed by atoms with Crippen LogP contribution in [0.5, 0.6) is 0 Å². The first-order valence-corrected chi connectivity index (χ1v) is 15.3. The van der Waals surface area contributed by atoms with Crippen molar-refractivity contribution in [3.63, 3.8) is 0 Å². The van der Waals surface area contributed by atoms with Gasteiger partial charge in [-0.15, -0.1) is 11.3 Å². The van der Waals surface area contributed by atoms with Crippen molar-refractivity contribution >= 4 is 86.0 Å². The average molecular weight is 567 g/mol. The fourth-order valence-electron chi connectivity index (χ4n) is 7.14. The molecule has 0 saturated heterocycles. The molecule has 0 atom stereocenters. The van der Waals surface area contributed by atoms with Gasteiger partial charge in [0.25, 0.3) is 0 Å². The van der Waals surface area contributed by atoms with Crippen LogP contribution in [-0.2, 0) is 0 Å². The van der Waals surface area contributed by atoms with Crippen LogP contribution in [0.3, 0.4) is 0 Å². The zero-order chi connectivity index (χ0) is 28.1. The van der Waals surface area contributed by atoms with E-state index in [0.29, 0.717) is 0 Å². The monoisotopic (exact) mass is 566 g/mol. The van der Waals surface area contributed by atoms with E-state index in [1.54, 1.807) is 6.26 Å². The number of benzene rings is 7. The number of furan rings is 2. The topological polar surface area (TPSA) is 26.3 Å². The van der Waals surface area contributed by atoms with E-state index < -0.39 is 0 Å². The molecule has 0 amide bonds. The lowest BCUT2D eigenvalue weighted by atomic mass is 9.85. The molecule has 0 aliphatic heterocycles. The smallest absolute Gasteiger partial charge is 0.144 e. The Morgan fingerprint density at radius 3 is 1.81 bits per heavy atom. The lowest BCUT2D eigenvalue weighted by Crippen LogP contribution is -1.91. The Labute approximate surface area is 250 Å². The highest BCUT2D eigenvalue weighted by Gasteiger charge is 2.23. The normalized spacial score (nSPS) is 12.2. The van der Waals surface area contributed by atoms with Crippen molar-refractivity contribution in [3.8, 4) is 22.3 Å². The first kappa shape index (κ1) is 23.2. The quantitative estimate of drug-likeness (QED) is 0.195. The molecule has 0 radical (unpaired) electrons. The predicted octanol–water partition coefficient (Wildman–Crippen LogP) is 12.3. The minimum atomic E-state index is 0.863. The zero-order valence-corrected chi connectivity index (χ0v) is 23.7. The highest BCUT2D eigenvalue weighted by Crippen LogP contribution is 2.49. The van der Waals surface area contributed by atoms with E-state index in [2.05, 4.69) is 115 Å². The highest BCUT2D eigenvalue weighted by atomic mass is 32.1. The molecule has 0 unspecified atom stereocenters. The summed E-state index contributed by atoms with van der Waals surface area (Å²) in [5.74, 6) is 0. The summed E-state index contributed by atoms with van der Waals surface area (Å²) in [6, 6.07) is 45.8. The molecule has 43 heavy (non-hydrogen) atoms. The van der Waals surface area contributed by atoms with Crippen molar-refractivity contribution in [2.24, 2.45) is 0 Å². The van der Waals surface area contributed by atoms with E-state index in [0.717, 1.165) is 38.5 Å². The van der Waals surface area contributed by atoms with Gasteiger partial charge in [0.05, 0.1) is 6.26 Å². The molecule has 0 saturated carbocycles. The number of hydrogen-bond donors (Lipinski definition) is 0. The Kier molecular flexibility index (Phi) is 4.63. The molecule has 0 bridgehead atoms. The second-order valence-corrected chi connectivity index (χ2v) is 12.3. The van der Waals surface area contributed by atoms with Crippen molar-refractivity contribution in [1.82, 2.24) is 0 Å². The summed E-state index contributed by atoms with van der Waals surface area (Å²) in [6.07, 6.45) is 1.78. The molecular weight excluding hydrogens is 545 g/mol. The molecule has 200 valence electrons. The summed E-state index contributed by atoms with van der Waals surface area (Å²) < 4.78 is 15.3. The maximum atomic E-state index is 6.66. The Balaban J connectivity index is 1.35. The molecule has 0 fully saturated rings. The van der Waals surface area contributed by atoms with Gasteiger partial charge in [-0.3, -0.25) is 0 Å². The molecule has 3 aromatic heterocycles. The zero-order valence-electron chi connectivity index (χ0n) is 22.9. The van der Waals surface area contributed by atoms with E-state index in [1.807, 2.05) is 23.5 Å². The lowest BCUT2D eigenvalue weighted by molar-refractivity contribution is 0.615. The molecule has 0 aliphatic carbocycles. The van der Waals surface area contributed by atoms with Gasteiger partial charge in [0.2, 0.25) is 0 Å². The van der Waals surface area contributed by atoms with Crippen molar-refractivity contribution in [2.75, 3.05) is 0 Å². The first-order chi connectivity index (χ1) is 21.3. The summed E-state index contributed by atoms with van der Waals surface area (Å²) in [6.45, 7) is 0. The first-order valence-electron chi connectivity index (χ1n) is 14.5. The van der Waals surface area contributed by atoms with Crippen molar-refractivity contribution in [3.05, 3.63) is 134 Å². The third kappa shape index (κ3) is 3.17. The Bertz CT molecular complexity index is 2680. The molecule has 0 aliphatic rings. The fraction of sp³-hybridized carbons (Fsp3) is 0. The van der Waals surface area contributed by atoms with Crippen LogP contribution in [-0.4, -0.2) is 0 Å². The molecule has 3 heterocycles. The molecule has 2 nitrogen and oxygen atoms in total. The minimum Gasteiger partial charge on any atom is -0.464 e. The molecular formula is C40H22O2S. The molecule has 0 N–H and O–H groups in total. The van der Waals surface area contributed by atoms with E-state index in [9.17, 15) is 0 Å². The van der Waals surface area contributed by atoms with Gasteiger partial charge >= 0.3 is 0 Å². The van der Waals surface area contributed by atoms with Gasteiger partial charge in [-0.2, -0.15) is 0 Å². The van der Waals surface area contributed by atoms with Gasteiger partial charge in [-0.1, -0.05) is 97.1 Å². The number of thiophene rings is 1. The van der Waals surface area contributed by atoms with Crippen LogP contribution in [0.1, 0.15) is 0 Å². The van der Waals surface area contributed by atoms with Gasteiger partial charge < -0.3 is 8.83 Å². The van der Waals surface area contributed by atoms with Crippen LogP contribution in [0.15, 0.2) is 142 Å². The van der Waals surface area contributed by atoms with Crippen molar-refractivity contribution in [2.45, 2.75) is 0 Å².